The van der Waals surface area contributed by atoms with E-state index in [0.29, 0.717) is 10.6 Å². The minimum atomic E-state index is -1.38. The molecule has 4 nitrogen and oxygen atoms in total. The molecule has 88 valence electrons. The van der Waals surface area contributed by atoms with Crippen molar-refractivity contribution in [1.29, 1.82) is 0 Å². The summed E-state index contributed by atoms with van der Waals surface area (Å²) < 4.78 is 21.6. The molecule has 0 bridgehead atoms. The lowest BCUT2D eigenvalue weighted by Gasteiger charge is -2.07. The van der Waals surface area contributed by atoms with Crippen molar-refractivity contribution in [3.05, 3.63) is 24.3 Å². The summed E-state index contributed by atoms with van der Waals surface area (Å²) in [4.78, 5) is 11.8. The number of para-hydroxylation sites is 1. The van der Waals surface area contributed by atoms with E-state index in [1.165, 1.54) is 14.2 Å². The van der Waals surface area contributed by atoms with Gasteiger partial charge in [-0.25, -0.2) is 0 Å². The molecule has 1 unspecified atom stereocenters. The van der Waals surface area contributed by atoms with Gasteiger partial charge >= 0.3 is 0 Å². The third kappa shape index (κ3) is 3.43. The maximum atomic E-state index is 11.9. The Kier molecular flexibility index (Phi) is 5.14. The van der Waals surface area contributed by atoms with Crippen molar-refractivity contribution in [1.82, 2.24) is 0 Å². The summed E-state index contributed by atoms with van der Waals surface area (Å²) in [5.74, 6) is 0.298. The number of ether oxygens (including phenoxy) is 2. The van der Waals surface area contributed by atoms with Gasteiger partial charge in [-0.3, -0.25) is 9.00 Å². The first-order valence-corrected chi connectivity index (χ1v) is 6.03. The zero-order valence-corrected chi connectivity index (χ0v) is 10.1. The van der Waals surface area contributed by atoms with Gasteiger partial charge in [0, 0.05) is 7.11 Å². The van der Waals surface area contributed by atoms with E-state index in [0.717, 1.165) is 0 Å². The van der Waals surface area contributed by atoms with Gasteiger partial charge in [-0.1, -0.05) is 12.1 Å². The molecule has 1 atom stereocenters. The third-order valence-corrected chi connectivity index (χ3v) is 3.32. The van der Waals surface area contributed by atoms with Crippen LogP contribution in [-0.2, 0) is 20.3 Å². The van der Waals surface area contributed by atoms with Gasteiger partial charge < -0.3 is 9.47 Å². The predicted octanol–water partition coefficient (Wildman–Crippen LogP) is 1.02. The summed E-state index contributed by atoms with van der Waals surface area (Å²) in [5, 5.41) is 0. The smallest absolute Gasteiger partial charge is 0.171 e. The first kappa shape index (κ1) is 12.9. The number of Topliss-reactive ketones (excluding diaryl/α,β-unsaturated/α-hetero) is 1. The van der Waals surface area contributed by atoms with E-state index in [1.807, 2.05) is 0 Å². The Morgan fingerprint density at radius 2 is 2.00 bits per heavy atom. The molecule has 0 aliphatic heterocycles. The number of carbonyl (C=O) groups is 1. The van der Waals surface area contributed by atoms with E-state index in [4.69, 9.17) is 4.74 Å². The zero-order valence-electron chi connectivity index (χ0n) is 9.26. The van der Waals surface area contributed by atoms with Crippen LogP contribution in [0.15, 0.2) is 29.2 Å². The van der Waals surface area contributed by atoms with Crippen molar-refractivity contribution in [2.24, 2.45) is 0 Å². The topological polar surface area (TPSA) is 52.6 Å². The Bertz CT molecular complexity index is 389. The SMILES string of the molecule is COCC(=O)CS(=O)c1ccccc1OC. The summed E-state index contributed by atoms with van der Waals surface area (Å²) in [6.07, 6.45) is 0. The van der Waals surface area contributed by atoms with E-state index >= 15 is 0 Å². The van der Waals surface area contributed by atoms with Gasteiger partial charge in [0.2, 0.25) is 0 Å². The minimum Gasteiger partial charge on any atom is -0.495 e. The summed E-state index contributed by atoms with van der Waals surface area (Å²) >= 11 is 0. The van der Waals surface area contributed by atoms with Gasteiger partial charge in [-0.05, 0) is 12.1 Å². The highest BCUT2D eigenvalue weighted by Gasteiger charge is 2.13. The molecule has 0 aliphatic rings. The normalized spacial score (nSPS) is 12.1. The van der Waals surface area contributed by atoms with Gasteiger partial charge in [-0.2, -0.15) is 0 Å². The quantitative estimate of drug-likeness (QED) is 0.747. The first-order valence-electron chi connectivity index (χ1n) is 4.71. The average molecular weight is 242 g/mol. The van der Waals surface area contributed by atoms with Crippen LogP contribution in [0.25, 0.3) is 0 Å². The second-order valence-corrected chi connectivity index (χ2v) is 4.53. The highest BCUT2D eigenvalue weighted by Crippen LogP contribution is 2.21. The molecule has 0 spiro atoms. The molecule has 1 rings (SSSR count). The number of ketones is 1. The van der Waals surface area contributed by atoms with E-state index in [-0.39, 0.29) is 18.1 Å². The summed E-state index contributed by atoms with van der Waals surface area (Å²) in [6.45, 7) is -0.0130. The molecule has 1 aromatic rings. The maximum absolute atomic E-state index is 11.9. The van der Waals surface area contributed by atoms with E-state index in [1.54, 1.807) is 24.3 Å². The molecule has 0 aliphatic carbocycles. The summed E-state index contributed by atoms with van der Waals surface area (Å²) in [5.41, 5.74) is 0. The lowest BCUT2D eigenvalue weighted by molar-refractivity contribution is -0.120. The fraction of sp³-hybridized carbons (Fsp3) is 0.364. The Morgan fingerprint density at radius 1 is 1.31 bits per heavy atom. The number of benzene rings is 1. The van der Waals surface area contributed by atoms with Gasteiger partial charge in [-0.15, -0.1) is 0 Å². The van der Waals surface area contributed by atoms with Crippen LogP contribution >= 0.6 is 0 Å². The number of carbonyl (C=O) groups excluding carboxylic acids is 1. The Hall–Kier alpha value is -1.20. The van der Waals surface area contributed by atoms with Crippen LogP contribution in [-0.4, -0.2) is 36.6 Å². The predicted molar refractivity (Wildman–Crippen MR) is 61.2 cm³/mol. The minimum absolute atomic E-state index is 0.0130. The lowest BCUT2D eigenvalue weighted by Crippen LogP contribution is -2.16. The number of methoxy groups -OCH3 is 2. The number of hydrogen-bond acceptors (Lipinski definition) is 4. The van der Waals surface area contributed by atoms with Gasteiger partial charge in [0.15, 0.2) is 5.78 Å². The van der Waals surface area contributed by atoms with E-state index < -0.39 is 10.8 Å². The van der Waals surface area contributed by atoms with Gasteiger partial charge in [0.05, 0.1) is 28.6 Å². The molecule has 0 fully saturated rings. The van der Waals surface area contributed by atoms with Crippen LogP contribution in [0.1, 0.15) is 0 Å². The van der Waals surface area contributed by atoms with Crippen molar-refractivity contribution in [3.63, 3.8) is 0 Å². The number of hydrogen-bond donors (Lipinski definition) is 0. The average Bonchev–Trinajstić information content (AvgIpc) is 2.29. The van der Waals surface area contributed by atoms with Crippen molar-refractivity contribution < 1.29 is 18.5 Å². The van der Waals surface area contributed by atoms with E-state index in [2.05, 4.69) is 4.74 Å². The standard InChI is InChI=1S/C11H14O4S/c1-14-7-9(12)8-16(13)11-6-4-3-5-10(11)15-2/h3-6H,7-8H2,1-2H3. The van der Waals surface area contributed by atoms with Gasteiger partial charge in [0.1, 0.15) is 12.4 Å². The molecule has 0 radical (unpaired) electrons. The molecular weight excluding hydrogens is 228 g/mol. The monoisotopic (exact) mass is 242 g/mol. The van der Waals surface area contributed by atoms with E-state index in [9.17, 15) is 9.00 Å². The Labute approximate surface area is 97.0 Å². The zero-order chi connectivity index (χ0) is 12.0. The fourth-order valence-electron chi connectivity index (χ4n) is 1.23. The molecule has 0 saturated carbocycles. The molecule has 1 aromatic carbocycles. The number of rotatable bonds is 6. The van der Waals surface area contributed by atoms with Crippen LogP contribution in [0.5, 0.6) is 5.75 Å². The molecule has 0 N–H and O–H groups in total. The van der Waals surface area contributed by atoms with Crippen molar-refractivity contribution in [2.75, 3.05) is 26.6 Å². The largest absolute Gasteiger partial charge is 0.495 e. The van der Waals surface area contributed by atoms with Crippen LogP contribution in [0, 0.1) is 0 Å². The molecule has 16 heavy (non-hydrogen) atoms. The summed E-state index contributed by atoms with van der Waals surface area (Å²) in [7, 11) is 1.56. The Balaban J connectivity index is 2.76. The van der Waals surface area contributed by atoms with Crippen LogP contribution in [0.4, 0.5) is 0 Å². The Morgan fingerprint density at radius 3 is 2.62 bits per heavy atom. The van der Waals surface area contributed by atoms with Crippen LogP contribution in [0.3, 0.4) is 0 Å². The maximum Gasteiger partial charge on any atom is 0.171 e. The molecule has 0 amide bonds. The molecule has 0 aromatic heterocycles. The second kappa shape index (κ2) is 6.40. The van der Waals surface area contributed by atoms with Crippen molar-refractivity contribution in [2.45, 2.75) is 4.90 Å². The highest BCUT2D eigenvalue weighted by atomic mass is 32.2. The van der Waals surface area contributed by atoms with Crippen molar-refractivity contribution >= 4 is 16.6 Å². The van der Waals surface area contributed by atoms with Crippen LogP contribution < -0.4 is 4.74 Å². The molecule has 0 heterocycles. The molecule has 5 heteroatoms. The van der Waals surface area contributed by atoms with Gasteiger partial charge in [0.25, 0.3) is 0 Å². The highest BCUT2D eigenvalue weighted by molar-refractivity contribution is 7.85. The third-order valence-electron chi connectivity index (χ3n) is 1.91. The first-order chi connectivity index (χ1) is 7.69. The lowest BCUT2D eigenvalue weighted by atomic mass is 10.3. The second-order valence-electron chi connectivity index (χ2n) is 3.11. The fourth-order valence-corrected chi connectivity index (χ4v) is 2.37. The summed E-state index contributed by atoms with van der Waals surface area (Å²) in [6, 6.07) is 6.95. The molecular formula is C11H14O4S. The molecule has 0 saturated heterocycles. The van der Waals surface area contributed by atoms with Crippen LogP contribution in [0.2, 0.25) is 0 Å². The van der Waals surface area contributed by atoms with Crippen molar-refractivity contribution in [3.8, 4) is 5.75 Å².